The number of nitrogens with one attached hydrogen (secondary N) is 2. The summed E-state index contributed by atoms with van der Waals surface area (Å²) in [6, 6.07) is 5.56. The molecule has 1 fully saturated rings. The van der Waals surface area contributed by atoms with E-state index in [1.807, 2.05) is 18.2 Å². The molecule has 2 heterocycles. The summed E-state index contributed by atoms with van der Waals surface area (Å²) in [4.78, 5) is 4.43. The molecule has 0 spiro atoms. The van der Waals surface area contributed by atoms with E-state index in [4.69, 9.17) is 11.6 Å². The van der Waals surface area contributed by atoms with Crippen molar-refractivity contribution in [2.75, 3.05) is 13.1 Å². The van der Waals surface area contributed by atoms with Gasteiger partial charge >= 0.3 is 0 Å². The fourth-order valence-corrected chi connectivity index (χ4v) is 2.02. The molecule has 0 saturated carbocycles. The lowest BCUT2D eigenvalue weighted by molar-refractivity contribution is 0.580. The summed E-state index contributed by atoms with van der Waals surface area (Å²) in [7, 11) is 0. The topological polar surface area (TPSA) is 61.1 Å². The zero-order valence-electron chi connectivity index (χ0n) is 8.44. The highest BCUT2D eigenvalue weighted by molar-refractivity contribution is 6.35. The Morgan fingerprint density at radius 1 is 1.25 bits per heavy atom. The van der Waals surface area contributed by atoms with Gasteiger partial charge in [0.25, 0.3) is 0 Å². The predicted octanol–water partition coefficient (Wildman–Crippen LogP) is 1.66. The molecule has 2 aliphatic rings. The molecule has 0 atom stereocenters. The van der Waals surface area contributed by atoms with Crippen LogP contribution >= 0.6 is 11.6 Å². The Morgan fingerprint density at radius 2 is 2.06 bits per heavy atom. The van der Waals surface area contributed by atoms with E-state index in [0.717, 1.165) is 24.3 Å². The van der Waals surface area contributed by atoms with Crippen LogP contribution in [0.1, 0.15) is 5.56 Å². The molecule has 82 valence electrons. The second-order valence-corrected chi connectivity index (χ2v) is 4.00. The fraction of sp³-hybridized carbons (Fsp3) is 0.300. The number of benzene rings is 1. The van der Waals surface area contributed by atoms with Gasteiger partial charge in [0.1, 0.15) is 0 Å². The van der Waals surface area contributed by atoms with Crippen LogP contribution in [0.5, 0.6) is 0 Å². The van der Waals surface area contributed by atoms with Crippen LogP contribution < -0.4 is 10.6 Å². The van der Waals surface area contributed by atoms with Crippen LogP contribution in [0.15, 0.2) is 33.4 Å². The summed E-state index contributed by atoms with van der Waals surface area (Å²) < 4.78 is 0. The molecule has 2 N–H and O–H groups in total. The van der Waals surface area contributed by atoms with Gasteiger partial charge in [-0.15, -0.1) is 10.2 Å². The Hall–Kier alpha value is -1.30. The predicted molar refractivity (Wildman–Crippen MR) is 62.3 cm³/mol. The zero-order chi connectivity index (χ0) is 11.0. The van der Waals surface area contributed by atoms with Crippen molar-refractivity contribution in [1.82, 2.24) is 10.6 Å². The van der Waals surface area contributed by atoms with Crippen molar-refractivity contribution in [3.05, 3.63) is 28.8 Å². The maximum Gasteiger partial charge on any atom is 0.183 e. The van der Waals surface area contributed by atoms with Crippen LogP contribution in [0.25, 0.3) is 0 Å². The van der Waals surface area contributed by atoms with Crippen LogP contribution in [0, 0.1) is 0 Å². The summed E-state index contributed by atoms with van der Waals surface area (Å²) >= 11 is 6.11. The van der Waals surface area contributed by atoms with E-state index in [9.17, 15) is 0 Å². The van der Waals surface area contributed by atoms with Crippen molar-refractivity contribution in [2.24, 2.45) is 15.2 Å². The highest BCUT2D eigenvalue weighted by atomic mass is 35.5. The molecule has 0 radical (unpaired) electrons. The Morgan fingerprint density at radius 3 is 2.88 bits per heavy atom. The van der Waals surface area contributed by atoms with E-state index in [0.29, 0.717) is 10.9 Å². The lowest BCUT2D eigenvalue weighted by Crippen LogP contribution is -2.29. The summed E-state index contributed by atoms with van der Waals surface area (Å²) in [5, 5.41) is 15.1. The molecule has 1 saturated heterocycles. The molecular weight excluding hydrogens is 226 g/mol. The molecule has 1 aromatic rings. The summed E-state index contributed by atoms with van der Waals surface area (Å²) in [6.07, 6.45) is -0.0869. The van der Waals surface area contributed by atoms with Crippen LogP contribution in [0.3, 0.4) is 0 Å². The first kappa shape index (κ1) is 9.89. The third-order valence-corrected chi connectivity index (χ3v) is 2.83. The average Bonchev–Trinajstić information content (AvgIpc) is 2.90. The third-order valence-electron chi connectivity index (χ3n) is 2.52. The van der Waals surface area contributed by atoms with Crippen LogP contribution in [-0.4, -0.2) is 25.2 Å². The first-order chi connectivity index (χ1) is 7.84. The number of hydrogen-bond donors (Lipinski definition) is 2. The average molecular weight is 236 g/mol. The second-order valence-electron chi connectivity index (χ2n) is 3.60. The molecule has 0 aromatic heterocycles. The number of rotatable bonds is 1. The Kier molecular flexibility index (Phi) is 2.43. The second kappa shape index (κ2) is 3.93. The maximum atomic E-state index is 6.11. The number of fused-ring (bicyclic) bond motifs is 1. The number of nitrogens with zero attached hydrogens (tertiary/aromatic N) is 3. The van der Waals surface area contributed by atoms with Gasteiger partial charge in [-0.2, -0.15) is 0 Å². The monoisotopic (exact) mass is 235 g/mol. The first-order valence-corrected chi connectivity index (χ1v) is 5.47. The molecule has 0 unspecified atom stereocenters. The summed E-state index contributed by atoms with van der Waals surface area (Å²) in [6.45, 7) is 1.82. The van der Waals surface area contributed by atoms with Crippen molar-refractivity contribution >= 4 is 23.1 Å². The normalized spacial score (nSPS) is 21.9. The van der Waals surface area contributed by atoms with Gasteiger partial charge in [-0.1, -0.05) is 17.7 Å². The fourth-order valence-electron chi connectivity index (χ4n) is 1.76. The molecule has 1 aromatic carbocycles. The highest BCUT2D eigenvalue weighted by Crippen LogP contribution is 2.32. The number of azo groups is 1. The van der Waals surface area contributed by atoms with Gasteiger partial charge in [0.05, 0.1) is 16.3 Å². The van der Waals surface area contributed by atoms with Gasteiger partial charge in [-0.25, -0.2) is 4.99 Å². The van der Waals surface area contributed by atoms with Gasteiger partial charge in [0.15, 0.2) is 12.1 Å². The summed E-state index contributed by atoms with van der Waals surface area (Å²) in [5.74, 6) is 0.590. The summed E-state index contributed by atoms with van der Waals surface area (Å²) in [5.41, 5.74) is 1.60. The van der Waals surface area contributed by atoms with Gasteiger partial charge < -0.3 is 0 Å². The third kappa shape index (κ3) is 1.63. The minimum absolute atomic E-state index is 0.0869. The van der Waals surface area contributed by atoms with Gasteiger partial charge in [0, 0.05) is 13.1 Å². The van der Waals surface area contributed by atoms with E-state index in [1.54, 1.807) is 0 Å². The van der Waals surface area contributed by atoms with Crippen LogP contribution in [0.4, 0.5) is 5.69 Å². The lowest BCUT2D eigenvalue weighted by Gasteiger charge is -2.05. The van der Waals surface area contributed by atoms with Crippen LogP contribution in [-0.2, 0) is 0 Å². The van der Waals surface area contributed by atoms with Crippen molar-refractivity contribution < 1.29 is 0 Å². The number of hydrogen-bond acceptors (Lipinski definition) is 4. The minimum Gasteiger partial charge on any atom is -0.282 e. The Bertz CT molecular complexity index is 476. The first-order valence-electron chi connectivity index (χ1n) is 5.10. The molecule has 3 rings (SSSR count). The largest absolute Gasteiger partial charge is 0.282 e. The van der Waals surface area contributed by atoms with E-state index in [-0.39, 0.29) is 6.29 Å². The van der Waals surface area contributed by atoms with E-state index in [1.165, 1.54) is 0 Å². The highest BCUT2D eigenvalue weighted by Gasteiger charge is 2.21. The SMILES string of the molecule is Clc1cccc2c1C(=NC1NCCN1)N=N2. The molecule has 16 heavy (non-hydrogen) atoms. The van der Waals surface area contributed by atoms with Crippen molar-refractivity contribution in [1.29, 1.82) is 0 Å². The Balaban J connectivity index is 1.98. The number of halogens is 1. The van der Waals surface area contributed by atoms with Gasteiger partial charge in [-0.3, -0.25) is 10.6 Å². The van der Waals surface area contributed by atoms with E-state index < -0.39 is 0 Å². The molecule has 0 amide bonds. The molecular formula is C10H10ClN5. The van der Waals surface area contributed by atoms with Crippen molar-refractivity contribution in [2.45, 2.75) is 6.29 Å². The maximum absolute atomic E-state index is 6.11. The molecule has 0 aliphatic carbocycles. The molecule has 6 heteroatoms. The number of aliphatic imine (C=N–C) groups is 1. The van der Waals surface area contributed by atoms with E-state index >= 15 is 0 Å². The Labute approximate surface area is 97.6 Å². The van der Waals surface area contributed by atoms with Crippen molar-refractivity contribution in [3.63, 3.8) is 0 Å². The van der Waals surface area contributed by atoms with Crippen molar-refractivity contribution in [3.8, 4) is 0 Å². The van der Waals surface area contributed by atoms with E-state index in [2.05, 4.69) is 25.9 Å². The molecule has 0 bridgehead atoms. The number of amidine groups is 1. The van der Waals surface area contributed by atoms with Gasteiger partial charge in [-0.05, 0) is 12.1 Å². The molecule has 2 aliphatic heterocycles. The zero-order valence-corrected chi connectivity index (χ0v) is 9.20. The quantitative estimate of drug-likeness (QED) is 0.778. The standard InChI is InChI=1S/C10H10ClN5/c11-6-2-1-3-7-8(6)9(16-15-7)14-10-12-4-5-13-10/h1-3,10,12-13H,4-5H2. The molecule has 5 nitrogen and oxygen atoms in total. The lowest BCUT2D eigenvalue weighted by atomic mass is 10.2. The van der Waals surface area contributed by atoms with Crippen LogP contribution in [0.2, 0.25) is 5.02 Å². The smallest absolute Gasteiger partial charge is 0.183 e. The minimum atomic E-state index is -0.0869. The van der Waals surface area contributed by atoms with Gasteiger partial charge in [0.2, 0.25) is 0 Å².